The maximum atomic E-state index is 12.2. The van der Waals surface area contributed by atoms with Crippen LogP contribution in [0.5, 0.6) is 0 Å². The van der Waals surface area contributed by atoms with Crippen LogP contribution in [0.15, 0.2) is 0 Å². The molecule has 2 fully saturated rings. The van der Waals surface area contributed by atoms with Crippen molar-refractivity contribution >= 4 is 11.9 Å². The molecule has 0 aromatic rings. The van der Waals surface area contributed by atoms with Crippen LogP contribution in [0.4, 0.5) is 0 Å². The highest BCUT2D eigenvalue weighted by Gasteiger charge is 2.39. The lowest BCUT2D eigenvalue weighted by atomic mass is 9.97. The predicted octanol–water partition coefficient (Wildman–Crippen LogP) is -0.574. The Morgan fingerprint density at radius 1 is 1.29 bits per heavy atom. The summed E-state index contributed by atoms with van der Waals surface area (Å²) in [5.74, 6) is -1.47. The van der Waals surface area contributed by atoms with Gasteiger partial charge in [-0.3, -0.25) is 4.79 Å². The van der Waals surface area contributed by atoms with Crippen molar-refractivity contribution in [1.82, 2.24) is 4.90 Å². The molecule has 17 heavy (non-hydrogen) atoms. The number of hydrogen-bond acceptors (Lipinski definition) is 4. The Hall–Kier alpha value is -1.14. The zero-order chi connectivity index (χ0) is 12.4. The van der Waals surface area contributed by atoms with Crippen LogP contribution >= 0.6 is 0 Å². The van der Waals surface area contributed by atoms with E-state index >= 15 is 0 Å². The summed E-state index contributed by atoms with van der Waals surface area (Å²) in [5, 5.41) is 9.11. The summed E-state index contributed by atoms with van der Waals surface area (Å²) >= 11 is 0. The minimum atomic E-state index is -0.925. The highest BCUT2D eigenvalue weighted by molar-refractivity contribution is 5.86. The number of carbonyl (C=O) groups excluding carboxylic acids is 1. The van der Waals surface area contributed by atoms with Gasteiger partial charge in [-0.2, -0.15) is 0 Å². The van der Waals surface area contributed by atoms with Crippen molar-refractivity contribution in [3.63, 3.8) is 0 Å². The SMILES string of the molecule is NC1COCC1C(=O)N1CCCC[C@H]1C(=O)O. The Morgan fingerprint density at radius 3 is 2.65 bits per heavy atom. The molecular weight excluding hydrogens is 224 g/mol. The van der Waals surface area contributed by atoms with E-state index in [1.54, 1.807) is 0 Å². The van der Waals surface area contributed by atoms with Gasteiger partial charge >= 0.3 is 5.97 Å². The summed E-state index contributed by atoms with van der Waals surface area (Å²) in [6.45, 7) is 1.20. The van der Waals surface area contributed by atoms with Gasteiger partial charge in [-0.05, 0) is 19.3 Å². The lowest BCUT2D eigenvalue weighted by molar-refractivity contribution is -0.154. The second kappa shape index (κ2) is 5.01. The minimum absolute atomic E-state index is 0.165. The fourth-order valence-electron chi connectivity index (χ4n) is 2.49. The number of amides is 1. The van der Waals surface area contributed by atoms with Gasteiger partial charge in [-0.15, -0.1) is 0 Å². The molecule has 0 radical (unpaired) electrons. The number of nitrogens with two attached hydrogens (primary N) is 1. The average Bonchev–Trinajstić information content (AvgIpc) is 2.74. The molecule has 2 saturated heterocycles. The van der Waals surface area contributed by atoms with Crippen LogP contribution in [0.1, 0.15) is 19.3 Å². The molecule has 0 aromatic heterocycles. The first kappa shape index (κ1) is 12.3. The molecule has 2 aliphatic rings. The van der Waals surface area contributed by atoms with Gasteiger partial charge in [0.1, 0.15) is 6.04 Å². The van der Waals surface area contributed by atoms with Crippen LogP contribution < -0.4 is 5.73 Å². The zero-order valence-corrected chi connectivity index (χ0v) is 9.67. The van der Waals surface area contributed by atoms with E-state index in [-0.39, 0.29) is 17.9 Å². The fraction of sp³-hybridized carbons (Fsp3) is 0.818. The molecule has 0 aromatic carbocycles. The summed E-state index contributed by atoms with van der Waals surface area (Å²) in [6, 6.07) is -0.997. The van der Waals surface area contributed by atoms with Gasteiger partial charge in [0, 0.05) is 12.6 Å². The Balaban J connectivity index is 2.08. The van der Waals surface area contributed by atoms with Gasteiger partial charge in [0.25, 0.3) is 0 Å². The van der Waals surface area contributed by atoms with Crippen LogP contribution in [0.2, 0.25) is 0 Å². The van der Waals surface area contributed by atoms with E-state index in [0.717, 1.165) is 12.8 Å². The molecule has 6 nitrogen and oxygen atoms in total. The van der Waals surface area contributed by atoms with Crippen LogP contribution in [-0.2, 0) is 14.3 Å². The molecule has 2 rings (SSSR count). The van der Waals surface area contributed by atoms with Crippen LogP contribution in [0.3, 0.4) is 0 Å². The van der Waals surface area contributed by atoms with Crippen molar-refractivity contribution in [3.05, 3.63) is 0 Å². The van der Waals surface area contributed by atoms with Crippen molar-refractivity contribution in [2.45, 2.75) is 31.3 Å². The van der Waals surface area contributed by atoms with E-state index in [9.17, 15) is 9.59 Å². The van der Waals surface area contributed by atoms with Gasteiger partial charge in [-0.1, -0.05) is 0 Å². The summed E-state index contributed by atoms with van der Waals surface area (Å²) in [7, 11) is 0. The maximum absolute atomic E-state index is 12.2. The van der Waals surface area contributed by atoms with Crippen LogP contribution in [-0.4, -0.2) is 53.7 Å². The van der Waals surface area contributed by atoms with E-state index < -0.39 is 12.0 Å². The van der Waals surface area contributed by atoms with Crippen molar-refractivity contribution in [1.29, 1.82) is 0 Å². The summed E-state index contributed by atoms with van der Waals surface area (Å²) in [6.07, 6.45) is 2.25. The van der Waals surface area contributed by atoms with Gasteiger partial charge in [0.05, 0.1) is 19.1 Å². The largest absolute Gasteiger partial charge is 0.480 e. The number of hydrogen-bond donors (Lipinski definition) is 2. The number of likely N-dealkylation sites (tertiary alicyclic amines) is 1. The second-order valence-electron chi connectivity index (χ2n) is 4.69. The Labute approximate surface area is 99.7 Å². The number of ether oxygens (including phenoxy) is 1. The first-order valence-corrected chi connectivity index (χ1v) is 5.98. The van der Waals surface area contributed by atoms with E-state index in [0.29, 0.717) is 26.2 Å². The third-order valence-corrected chi connectivity index (χ3v) is 3.51. The summed E-state index contributed by atoms with van der Waals surface area (Å²) in [5.41, 5.74) is 5.79. The van der Waals surface area contributed by atoms with E-state index in [1.165, 1.54) is 4.90 Å². The Morgan fingerprint density at radius 2 is 2.06 bits per heavy atom. The lowest BCUT2D eigenvalue weighted by Gasteiger charge is -2.35. The molecule has 6 heteroatoms. The zero-order valence-electron chi connectivity index (χ0n) is 9.67. The van der Waals surface area contributed by atoms with Crippen molar-refractivity contribution < 1.29 is 19.4 Å². The standard InChI is InChI=1S/C11H18N2O4/c12-8-6-17-5-7(8)10(14)13-4-2-1-3-9(13)11(15)16/h7-9H,1-6,12H2,(H,15,16)/t7?,8?,9-/m0/s1. The topological polar surface area (TPSA) is 92.9 Å². The molecule has 2 unspecified atom stereocenters. The molecule has 0 spiro atoms. The number of carboxylic acid groups (broad SMARTS) is 1. The third kappa shape index (κ3) is 2.42. The highest BCUT2D eigenvalue weighted by Crippen LogP contribution is 2.22. The maximum Gasteiger partial charge on any atom is 0.326 e. The number of carboxylic acids is 1. The smallest absolute Gasteiger partial charge is 0.326 e. The van der Waals surface area contributed by atoms with Crippen molar-refractivity contribution in [2.75, 3.05) is 19.8 Å². The van der Waals surface area contributed by atoms with Crippen molar-refractivity contribution in [2.24, 2.45) is 11.7 Å². The van der Waals surface area contributed by atoms with Gasteiger partial charge in [-0.25, -0.2) is 4.79 Å². The quantitative estimate of drug-likeness (QED) is 0.676. The van der Waals surface area contributed by atoms with Gasteiger partial charge in [0.15, 0.2) is 0 Å². The first-order valence-electron chi connectivity index (χ1n) is 5.98. The fourth-order valence-corrected chi connectivity index (χ4v) is 2.49. The van der Waals surface area contributed by atoms with E-state index in [4.69, 9.17) is 15.6 Å². The number of piperidine rings is 1. The molecule has 2 heterocycles. The predicted molar refractivity (Wildman–Crippen MR) is 59.3 cm³/mol. The van der Waals surface area contributed by atoms with E-state index in [2.05, 4.69) is 0 Å². The molecule has 96 valence electrons. The Kier molecular flexibility index (Phi) is 3.63. The summed E-state index contributed by atoms with van der Waals surface area (Å²) < 4.78 is 5.16. The van der Waals surface area contributed by atoms with Crippen LogP contribution in [0, 0.1) is 5.92 Å². The first-order chi connectivity index (χ1) is 8.11. The lowest BCUT2D eigenvalue weighted by Crippen LogP contribution is -2.52. The van der Waals surface area contributed by atoms with Crippen LogP contribution in [0.25, 0.3) is 0 Å². The number of rotatable bonds is 2. The molecule has 3 atom stereocenters. The van der Waals surface area contributed by atoms with E-state index in [1.807, 2.05) is 0 Å². The number of aliphatic carboxylic acids is 1. The van der Waals surface area contributed by atoms with Gasteiger partial charge < -0.3 is 20.5 Å². The normalized spacial score (nSPS) is 33.7. The highest BCUT2D eigenvalue weighted by atomic mass is 16.5. The second-order valence-corrected chi connectivity index (χ2v) is 4.69. The third-order valence-electron chi connectivity index (χ3n) is 3.51. The van der Waals surface area contributed by atoms with Crippen molar-refractivity contribution in [3.8, 4) is 0 Å². The number of nitrogens with zero attached hydrogens (tertiary/aromatic N) is 1. The summed E-state index contributed by atoms with van der Waals surface area (Å²) in [4.78, 5) is 24.8. The molecule has 1 amide bonds. The molecule has 2 aliphatic heterocycles. The molecule has 3 N–H and O–H groups in total. The molecule has 0 saturated carbocycles. The Bertz CT molecular complexity index is 321. The average molecular weight is 242 g/mol. The minimum Gasteiger partial charge on any atom is -0.480 e. The molecule has 0 aliphatic carbocycles. The molecule has 0 bridgehead atoms. The number of carbonyl (C=O) groups is 2. The molecular formula is C11H18N2O4. The van der Waals surface area contributed by atoms with Gasteiger partial charge in [0.2, 0.25) is 5.91 Å². The monoisotopic (exact) mass is 242 g/mol.